The van der Waals surface area contributed by atoms with Crippen LogP contribution in [0.5, 0.6) is 11.6 Å². The number of carbonyl (C=O) groups excluding carboxylic acids is 1. The molecule has 0 aliphatic carbocycles. The van der Waals surface area contributed by atoms with Crippen molar-refractivity contribution in [3.63, 3.8) is 0 Å². The van der Waals surface area contributed by atoms with Gasteiger partial charge in [-0.2, -0.15) is 0 Å². The lowest BCUT2D eigenvalue weighted by Gasteiger charge is -2.11. The van der Waals surface area contributed by atoms with Crippen molar-refractivity contribution in [1.29, 1.82) is 0 Å². The van der Waals surface area contributed by atoms with Crippen LogP contribution in [0.3, 0.4) is 0 Å². The van der Waals surface area contributed by atoms with Crippen LogP contribution in [-0.2, 0) is 4.74 Å². The molecule has 2 N–H and O–H groups in total. The van der Waals surface area contributed by atoms with Crippen LogP contribution >= 0.6 is 23.2 Å². The third-order valence-electron chi connectivity index (χ3n) is 3.19. The number of methoxy groups -OCH3 is 1. The topological polar surface area (TPSA) is 72.5 Å². The summed E-state index contributed by atoms with van der Waals surface area (Å²) in [6.07, 6.45) is 1.54. The van der Waals surface area contributed by atoms with Crippen LogP contribution < -0.4 is 15.4 Å². The fourth-order valence-electron chi connectivity index (χ4n) is 1.97. The Labute approximate surface area is 156 Å². The van der Waals surface area contributed by atoms with E-state index >= 15 is 0 Å². The van der Waals surface area contributed by atoms with Crippen molar-refractivity contribution in [2.24, 2.45) is 0 Å². The molecule has 0 unspecified atom stereocenters. The fourth-order valence-corrected chi connectivity index (χ4v) is 2.41. The normalized spacial score (nSPS) is 10.5. The highest BCUT2D eigenvalue weighted by molar-refractivity contribution is 6.35. The zero-order valence-corrected chi connectivity index (χ0v) is 15.2. The van der Waals surface area contributed by atoms with E-state index < -0.39 is 0 Å². The van der Waals surface area contributed by atoms with E-state index in [1.165, 1.54) is 0 Å². The van der Waals surface area contributed by atoms with E-state index in [2.05, 4.69) is 15.6 Å². The molecule has 0 radical (unpaired) electrons. The second kappa shape index (κ2) is 10.2. The first kappa shape index (κ1) is 19.5. The highest BCUT2D eigenvalue weighted by Crippen LogP contribution is 2.31. The maximum absolute atomic E-state index is 12.3. The molecule has 1 heterocycles. The molecule has 6 nitrogen and oxygen atoms in total. The molecule has 1 amide bonds. The van der Waals surface area contributed by atoms with Gasteiger partial charge in [-0.05, 0) is 30.3 Å². The molecular formula is C17H19Cl2N3O3. The second-order valence-electron chi connectivity index (χ2n) is 5.03. The van der Waals surface area contributed by atoms with Gasteiger partial charge in [0.25, 0.3) is 5.91 Å². The van der Waals surface area contributed by atoms with Crippen molar-refractivity contribution in [2.75, 3.05) is 33.4 Å². The van der Waals surface area contributed by atoms with Crippen molar-refractivity contribution >= 4 is 29.1 Å². The molecule has 1 aromatic heterocycles. The summed E-state index contributed by atoms with van der Waals surface area (Å²) in [5.41, 5.74) is 0.324. The molecule has 0 spiro atoms. The van der Waals surface area contributed by atoms with Crippen LogP contribution in [0, 0.1) is 0 Å². The molecule has 0 aliphatic rings. The predicted molar refractivity (Wildman–Crippen MR) is 97.9 cm³/mol. The van der Waals surface area contributed by atoms with Gasteiger partial charge in [0, 0.05) is 38.0 Å². The van der Waals surface area contributed by atoms with Gasteiger partial charge in [-0.3, -0.25) is 4.79 Å². The Morgan fingerprint density at radius 2 is 2.04 bits per heavy atom. The maximum Gasteiger partial charge on any atom is 0.256 e. The van der Waals surface area contributed by atoms with Gasteiger partial charge in [-0.25, -0.2) is 4.98 Å². The SMILES string of the molecule is COCCNCCNC(=O)c1cccnc1Oc1ccc(Cl)cc1Cl. The Hall–Kier alpha value is -1.86. The molecule has 134 valence electrons. The van der Waals surface area contributed by atoms with Gasteiger partial charge in [-0.15, -0.1) is 0 Å². The van der Waals surface area contributed by atoms with Crippen molar-refractivity contribution in [3.05, 3.63) is 52.1 Å². The monoisotopic (exact) mass is 383 g/mol. The smallest absolute Gasteiger partial charge is 0.256 e. The molecule has 2 aromatic rings. The van der Waals surface area contributed by atoms with E-state index in [0.29, 0.717) is 41.1 Å². The summed E-state index contributed by atoms with van der Waals surface area (Å²) >= 11 is 12.0. The van der Waals surface area contributed by atoms with Gasteiger partial charge in [0.15, 0.2) is 0 Å². The average molecular weight is 384 g/mol. The zero-order valence-electron chi connectivity index (χ0n) is 13.7. The lowest BCUT2D eigenvalue weighted by atomic mass is 10.2. The largest absolute Gasteiger partial charge is 0.437 e. The maximum atomic E-state index is 12.3. The molecule has 0 bridgehead atoms. The number of ether oxygens (including phenoxy) is 2. The number of rotatable bonds is 9. The molecule has 1 aromatic carbocycles. The van der Waals surface area contributed by atoms with Gasteiger partial charge in [0.2, 0.25) is 5.88 Å². The molecule has 25 heavy (non-hydrogen) atoms. The molecule has 0 saturated heterocycles. The van der Waals surface area contributed by atoms with Crippen molar-refractivity contribution < 1.29 is 14.3 Å². The summed E-state index contributed by atoms with van der Waals surface area (Å²) in [5.74, 6) is 0.276. The van der Waals surface area contributed by atoms with Gasteiger partial charge in [0.1, 0.15) is 11.3 Å². The number of aromatic nitrogens is 1. The molecule has 0 aliphatic heterocycles. The Morgan fingerprint density at radius 1 is 1.20 bits per heavy atom. The first-order valence-electron chi connectivity index (χ1n) is 7.67. The molecule has 2 rings (SSSR count). The summed E-state index contributed by atoms with van der Waals surface area (Å²) < 4.78 is 10.6. The minimum Gasteiger partial charge on any atom is -0.437 e. The summed E-state index contributed by atoms with van der Waals surface area (Å²) in [6, 6.07) is 8.15. The lowest BCUT2D eigenvalue weighted by molar-refractivity contribution is 0.0950. The summed E-state index contributed by atoms with van der Waals surface area (Å²) in [5, 5.41) is 6.79. The number of benzene rings is 1. The zero-order chi connectivity index (χ0) is 18.1. The van der Waals surface area contributed by atoms with Crippen LogP contribution in [0.4, 0.5) is 0 Å². The number of nitrogens with one attached hydrogen (secondary N) is 2. The molecule has 0 atom stereocenters. The Morgan fingerprint density at radius 3 is 2.80 bits per heavy atom. The molecule has 8 heteroatoms. The number of hydrogen-bond acceptors (Lipinski definition) is 5. The van der Waals surface area contributed by atoms with Crippen molar-refractivity contribution in [1.82, 2.24) is 15.6 Å². The van der Waals surface area contributed by atoms with E-state index in [1.54, 1.807) is 43.6 Å². The number of halogens is 2. The van der Waals surface area contributed by atoms with E-state index in [-0.39, 0.29) is 11.8 Å². The van der Waals surface area contributed by atoms with Crippen LogP contribution in [0.2, 0.25) is 10.0 Å². The van der Waals surface area contributed by atoms with E-state index in [4.69, 9.17) is 32.7 Å². The fraction of sp³-hybridized carbons (Fsp3) is 0.294. The van der Waals surface area contributed by atoms with Crippen LogP contribution in [0.1, 0.15) is 10.4 Å². The third-order valence-corrected chi connectivity index (χ3v) is 3.72. The standard InChI is InChI=1S/C17H19Cl2N3O3/c1-24-10-9-20-7-8-21-16(23)13-3-2-6-22-17(13)25-15-5-4-12(18)11-14(15)19/h2-6,11,20H,7-10H2,1H3,(H,21,23). The number of nitrogens with zero attached hydrogens (tertiary/aromatic N) is 1. The number of hydrogen-bond donors (Lipinski definition) is 2. The van der Waals surface area contributed by atoms with Crippen LogP contribution in [0.15, 0.2) is 36.5 Å². The van der Waals surface area contributed by atoms with Crippen molar-refractivity contribution in [2.45, 2.75) is 0 Å². The number of pyridine rings is 1. The van der Waals surface area contributed by atoms with Crippen LogP contribution in [-0.4, -0.2) is 44.2 Å². The number of amides is 1. The molecule has 0 fully saturated rings. The highest BCUT2D eigenvalue weighted by Gasteiger charge is 2.15. The van der Waals surface area contributed by atoms with Gasteiger partial charge < -0.3 is 20.1 Å². The van der Waals surface area contributed by atoms with E-state index in [9.17, 15) is 4.79 Å². The summed E-state index contributed by atoms with van der Waals surface area (Å²) in [6.45, 7) is 2.45. The second-order valence-corrected chi connectivity index (χ2v) is 5.88. The molecule has 0 saturated carbocycles. The third kappa shape index (κ3) is 6.17. The van der Waals surface area contributed by atoms with E-state index in [1.807, 2.05) is 0 Å². The van der Waals surface area contributed by atoms with Crippen LogP contribution in [0.25, 0.3) is 0 Å². The Bertz CT molecular complexity index is 713. The number of carbonyl (C=O) groups is 1. The first-order chi connectivity index (χ1) is 12.1. The Kier molecular flexibility index (Phi) is 7.94. The summed E-state index contributed by atoms with van der Waals surface area (Å²) in [4.78, 5) is 16.5. The predicted octanol–water partition coefficient (Wildman–Crippen LogP) is 3.15. The quantitative estimate of drug-likeness (QED) is 0.650. The molecular weight excluding hydrogens is 365 g/mol. The Balaban J connectivity index is 1.98. The highest BCUT2D eigenvalue weighted by atomic mass is 35.5. The van der Waals surface area contributed by atoms with Gasteiger partial charge in [-0.1, -0.05) is 23.2 Å². The van der Waals surface area contributed by atoms with E-state index in [0.717, 1.165) is 6.54 Å². The minimum atomic E-state index is -0.276. The van der Waals surface area contributed by atoms with Gasteiger partial charge >= 0.3 is 0 Å². The average Bonchev–Trinajstić information content (AvgIpc) is 2.60. The minimum absolute atomic E-state index is 0.177. The first-order valence-corrected chi connectivity index (χ1v) is 8.43. The lowest BCUT2D eigenvalue weighted by Crippen LogP contribution is -2.33. The summed E-state index contributed by atoms with van der Waals surface area (Å²) in [7, 11) is 1.64. The van der Waals surface area contributed by atoms with Crippen molar-refractivity contribution in [3.8, 4) is 11.6 Å². The van der Waals surface area contributed by atoms with Gasteiger partial charge in [0.05, 0.1) is 11.6 Å².